The molecule has 4 heterocycles. The standard InChI is InChI=1S/C46H52N8O6/c1-21(2)37(51-45(57)59-5)43(55)53-33-17-27(33)19-35(53)41-47-31-13-9-25-15-23(7-11-29(25)39(31)49-41)24-8-12-30-26(16-24)10-14-32-40(30)50-42(48-32)36-20-28-18-34(28)54(36)44(56)38(22(3)4)52-46(58)60-6/h7-9,11-13,15-16,21-22,27-28,33-38H,10,14,17-20H2,1-6H3,(H,47,49)(H,48,50)(H,51,57)(H,52,58)/t27-,28-,33-,34-,35+,36+,37+,38+/m1/s1. The summed E-state index contributed by atoms with van der Waals surface area (Å²) >= 11 is 0. The van der Waals surface area contributed by atoms with Gasteiger partial charge in [0, 0.05) is 28.7 Å². The topological polar surface area (TPSA) is 175 Å². The number of hydrogen-bond acceptors (Lipinski definition) is 8. The number of aromatic amines is 2. The second-order valence-electron chi connectivity index (χ2n) is 18.2. The predicted octanol–water partition coefficient (Wildman–Crippen LogP) is 6.96. The van der Waals surface area contributed by atoms with E-state index in [-0.39, 0.29) is 47.8 Å². The molecule has 2 aliphatic heterocycles. The number of H-pyrrole nitrogens is 2. The van der Waals surface area contributed by atoms with Crippen molar-refractivity contribution in [1.29, 1.82) is 0 Å². The highest BCUT2D eigenvalue weighted by Crippen LogP contribution is 2.55. The van der Waals surface area contributed by atoms with E-state index < -0.39 is 24.3 Å². The number of imidazole rings is 2. The van der Waals surface area contributed by atoms with Crippen LogP contribution in [0.15, 0.2) is 48.5 Å². The van der Waals surface area contributed by atoms with Gasteiger partial charge in [0.25, 0.3) is 0 Å². The highest BCUT2D eigenvalue weighted by molar-refractivity contribution is 6.05. The zero-order valence-corrected chi connectivity index (χ0v) is 34.9. The lowest BCUT2D eigenvalue weighted by atomic mass is 9.89. The van der Waals surface area contributed by atoms with Gasteiger partial charge in [-0.25, -0.2) is 19.6 Å². The van der Waals surface area contributed by atoms with Gasteiger partial charge in [-0.05, 0) is 96.4 Å². The van der Waals surface area contributed by atoms with Crippen LogP contribution in [0.25, 0.3) is 44.2 Å². The second kappa shape index (κ2) is 14.4. The highest BCUT2D eigenvalue weighted by Gasteiger charge is 2.57. The van der Waals surface area contributed by atoms with E-state index in [2.05, 4.69) is 69.1 Å². The lowest BCUT2D eigenvalue weighted by Crippen LogP contribution is -2.52. The van der Waals surface area contributed by atoms with Gasteiger partial charge in [-0.2, -0.15) is 0 Å². The van der Waals surface area contributed by atoms with Crippen LogP contribution in [0.5, 0.6) is 0 Å². The summed E-state index contributed by atoms with van der Waals surface area (Å²) in [6.07, 6.45) is 4.15. The van der Waals surface area contributed by atoms with Crippen LogP contribution in [0.2, 0.25) is 0 Å². The van der Waals surface area contributed by atoms with Crippen molar-refractivity contribution in [2.75, 3.05) is 14.2 Å². The number of aromatic nitrogens is 4. The number of piperidine rings is 2. The summed E-state index contributed by atoms with van der Waals surface area (Å²) in [7, 11) is 2.62. The molecule has 10 rings (SSSR count). The first-order valence-electron chi connectivity index (χ1n) is 21.4. The van der Waals surface area contributed by atoms with E-state index in [1.54, 1.807) is 0 Å². The van der Waals surface area contributed by atoms with Crippen molar-refractivity contribution in [2.24, 2.45) is 23.7 Å². The third-order valence-corrected chi connectivity index (χ3v) is 13.8. The summed E-state index contributed by atoms with van der Waals surface area (Å²) in [4.78, 5) is 73.7. The van der Waals surface area contributed by atoms with Crippen molar-refractivity contribution in [2.45, 2.75) is 102 Å². The molecule has 5 aliphatic rings. The quantitative estimate of drug-likeness (QED) is 0.124. The van der Waals surface area contributed by atoms with Crippen LogP contribution in [0, 0.1) is 23.7 Å². The molecule has 3 aromatic carbocycles. The van der Waals surface area contributed by atoms with Gasteiger partial charge >= 0.3 is 12.2 Å². The number of fused-ring (bicyclic) bond motifs is 8. The van der Waals surface area contributed by atoms with E-state index in [0.717, 1.165) is 100 Å². The Morgan fingerprint density at radius 1 is 0.700 bits per heavy atom. The Kier molecular flexibility index (Phi) is 9.17. The SMILES string of the molecule is COC(=O)N[C@H](C(=O)N1[C@@H]2C[C@@H]2C[C@H]1c1nc2c([nH]1)CCc1cc(-c3ccc4c(ccc5[nH]c([C@@H]6C[C@H]7C[C@H]7N6C(=O)[C@@H](NC(=O)OC)C(C)C)nc54)c3)ccc1-2)C(C)C. The molecule has 0 radical (unpaired) electrons. The van der Waals surface area contributed by atoms with Crippen LogP contribution >= 0.6 is 0 Å². The van der Waals surface area contributed by atoms with Gasteiger partial charge in [0.2, 0.25) is 11.8 Å². The Morgan fingerprint density at radius 3 is 1.88 bits per heavy atom. The smallest absolute Gasteiger partial charge is 0.407 e. The molecule has 4 amide bonds. The van der Waals surface area contributed by atoms with Crippen LogP contribution in [-0.4, -0.2) is 92.1 Å². The zero-order chi connectivity index (χ0) is 41.7. The Hall–Kier alpha value is -5.92. The molecule has 0 unspecified atom stereocenters. The molecule has 312 valence electrons. The average Bonchev–Trinajstić information content (AvgIpc) is 3.89. The van der Waals surface area contributed by atoms with Crippen molar-refractivity contribution in [3.63, 3.8) is 0 Å². The summed E-state index contributed by atoms with van der Waals surface area (Å²) in [6.45, 7) is 7.74. The summed E-state index contributed by atoms with van der Waals surface area (Å²) < 4.78 is 9.67. The molecule has 60 heavy (non-hydrogen) atoms. The van der Waals surface area contributed by atoms with Crippen molar-refractivity contribution >= 4 is 45.8 Å². The number of ether oxygens (including phenoxy) is 2. The number of amides is 4. The molecule has 0 bridgehead atoms. The maximum absolute atomic E-state index is 14.0. The number of hydrogen-bond donors (Lipinski definition) is 4. The van der Waals surface area contributed by atoms with Crippen LogP contribution in [-0.2, 0) is 31.9 Å². The van der Waals surface area contributed by atoms with E-state index >= 15 is 0 Å². The maximum Gasteiger partial charge on any atom is 0.407 e. The number of alkyl carbamates (subject to hydrolysis) is 2. The Morgan fingerprint density at radius 2 is 1.28 bits per heavy atom. The van der Waals surface area contributed by atoms with Gasteiger partial charge < -0.3 is 39.9 Å². The second-order valence-corrected chi connectivity index (χ2v) is 18.2. The monoisotopic (exact) mass is 812 g/mol. The van der Waals surface area contributed by atoms with E-state index in [1.165, 1.54) is 19.8 Å². The largest absolute Gasteiger partial charge is 0.453 e. The summed E-state index contributed by atoms with van der Waals surface area (Å²) in [6, 6.07) is 15.9. The number of methoxy groups -OCH3 is 2. The molecule has 2 saturated heterocycles. The minimum Gasteiger partial charge on any atom is -0.453 e. The van der Waals surface area contributed by atoms with Gasteiger partial charge in [0.15, 0.2) is 0 Å². The van der Waals surface area contributed by atoms with E-state index in [4.69, 9.17) is 19.4 Å². The Labute approximate surface area is 348 Å². The van der Waals surface area contributed by atoms with Crippen LogP contribution in [0.1, 0.15) is 88.4 Å². The molecule has 14 heteroatoms. The number of likely N-dealkylation sites (tertiary alicyclic amines) is 2. The van der Waals surface area contributed by atoms with Gasteiger partial charge in [-0.3, -0.25) is 9.59 Å². The van der Waals surface area contributed by atoms with Crippen LogP contribution in [0.4, 0.5) is 9.59 Å². The van der Waals surface area contributed by atoms with E-state index in [1.807, 2.05) is 37.5 Å². The van der Waals surface area contributed by atoms with E-state index in [9.17, 15) is 19.2 Å². The minimum absolute atomic E-state index is 0.0800. The molecule has 0 spiro atoms. The Balaban J connectivity index is 0.897. The van der Waals surface area contributed by atoms with Gasteiger partial charge in [0.05, 0.1) is 43.0 Å². The number of nitrogens with one attached hydrogen (secondary N) is 4. The Bertz CT molecular complexity index is 2580. The van der Waals surface area contributed by atoms with Crippen LogP contribution < -0.4 is 10.6 Å². The first-order valence-corrected chi connectivity index (χ1v) is 21.4. The molecular formula is C46H52N8O6. The van der Waals surface area contributed by atoms with Crippen molar-refractivity contribution in [1.82, 2.24) is 40.4 Å². The molecule has 3 aliphatic carbocycles. The number of benzene rings is 3. The molecular weight excluding hydrogens is 761 g/mol. The van der Waals surface area contributed by atoms with Gasteiger partial charge in [-0.15, -0.1) is 0 Å². The van der Waals surface area contributed by atoms with Crippen LogP contribution in [0.3, 0.4) is 0 Å². The molecule has 8 atom stereocenters. The number of carbonyl (C=O) groups is 4. The molecule has 2 saturated carbocycles. The fourth-order valence-corrected chi connectivity index (χ4v) is 10.4. The molecule has 5 aromatic rings. The average molecular weight is 813 g/mol. The molecule has 2 aromatic heterocycles. The third kappa shape index (κ3) is 6.37. The normalized spacial score (nSPS) is 24.5. The third-order valence-electron chi connectivity index (χ3n) is 13.8. The number of nitrogens with zero attached hydrogens (tertiary/aromatic N) is 4. The molecule has 14 nitrogen and oxygen atoms in total. The maximum atomic E-state index is 14.0. The number of carbonyl (C=O) groups excluding carboxylic acids is 4. The summed E-state index contributed by atoms with van der Waals surface area (Å²) in [5.41, 5.74) is 8.44. The summed E-state index contributed by atoms with van der Waals surface area (Å²) in [5, 5.41) is 7.65. The summed E-state index contributed by atoms with van der Waals surface area (Å²) in [5.74, 6) is 2.12. The van der Waals surface area contributed by atoms with Gasteiger partial charge in [0.1, 0.15) is 23.7 Å². The van der Waals surface area contributed by atoms with Crippen molar-refractivity contribution < 1.29 is 28.7 Å². The fraction of sp³-hybridized carbons (Fsp3) is 0.478. The predicted molar refractivity (Wildman–Crippen MR) is 225 cm³/mol. The minimum atomic E-state index is -0.683. The first-order chi connectivity index (χ1) is 28.9. The highest BCUT2D eigenvalue weighted by atomic mass is 16.5. The molecule has 4 N–H and O–H groups in total. The fourth-order valence-electron chi connectivity index (χ4n) is 10.4. The van der Waals surface area contributed by atoms with Crippen molar-refractivity contribution in [3.8, 4) is 22.4 Å². The zero-order valence-electron chi connectivity index (χ0n) is 34.9. The molecule has 4 fully saturated rings. The number of rotatable bonds is 9. The van der Waals surface area contributed by atoms with Gasteiger partial charge in [-0.1, -0.05) is 64.1 Å². The van der Waals surface area contributed by atoms with E-state index in [0.29, 0.717) is 11.8 Å². The lowest BCUT2D eigenvalue weighted by Gasteiger charge is -2.31. The lowest BCUT2D eigenvalue weighted by molar-refractivity contribution is -0.137. The first kappa shape index (κ1) is 38.3. The van der Waals surface area contributed by atoms with Crippen molar-refractivity contribution in [3.05, 3.63) is 71.4 Å². The number of aryl methyl sites for hydroxylation is 2.